The maximum Gasteiger partial charge on any atom is 0.0579 e. The van der Waals surface area contributed by atoms with E-state index in [2.05, 4.69) is 84.5 Å². The Labute approximate surface area is 130 Å². The summed E-state index contributed by atoms with van der Waals surface area (Å²) in [6.45, 7) is 7.48. The molecule has 20 heavy (non-hydrogen) atoms. The fourth-order valence-electron chi connectivity index (χ4n) is 2.53. The average molecular weight is 332 g/mol. The highest BCUT2D eigenvalue weighted by molar-refractivity contribution is 9.10. The highest BCUT2D eigenvalue weighted by Crippen LogP contribution is 2.28. The van der Waals surface area contributed by atoms with Crippen LogP contribution in [0, 0.1) is 6.92 Å². The number of halogens is 1. The fraction of sp³-hybridized carbons (Fsp3) is 0.333. The first-order chi connectivity index (χ1) is 9.65. The molecule has 2 aromatic carbocycles. The molecular formula is C18H22BrN. The molecule has 0 radical (unpaired) electrons. The lowest BCUT2D eigenvalue weighted by atomic mass is 9.93. The SMILES string of the molecule is CCNC(c1cccc(CC)c1)c1cc(Br)ccc1C. The van der Waals surface area contributed by atoms with Gasteiger partial charge in [-0.15, -0.1) is 0 Å². The van der Waals surface area contributed by atoms with Gasteiger partial charge in [0.05, 0.1) is 6.04 Å². The minimum atomic E-state index is 0.254. The predicted octanol–water partition coefficient (Wildman–Crippen LogP) is 5.02. The monoisotopic (exact) mass is 331 g/mol. The van der Waals surface area contributed by atoms with Gasteiger partial charge in [-0.1, -0.05) is 60.1 Å². The Morgan fingerprint density at radius 2 is 1.90 bits per heavy atom. The maximum atomic E-state index is 3.61. The number of nitrogens with one attached hydrogen (secondary N) is 1. The average Bonchev–Trinajstić information content (AvgIpc) is 2.47. The van der Waals surface area contributed by atoms with Crippen LogP contribution in [-0.4, -0.2) is 6.54 Å². The first-order valence-electron chi connectivity index (χ1n) is 7.24. The number of rotatable bonds is 5. The molecule has 0 aliphatic heterocycles. The van der Waals surface area contributed by atoms with E-state index in [1.807, 2.05) is 0 Å². The summed E-state index contributed by atoms with van der Waals surface area (Å²) in [6.07, 6.45) is 1.07. The van der Waals surface area contributed by atoms with Crippen LogP contribution in [0.25, 0.3) is 0 Å². The van der Waals surface area contributed by atoms with Crippen LogP contribution < -0.4 is 5.32 Å². The van der Waals surface area contributed by atoms with Crippen LogP contribution in [-0.2, 0) is 6.42 Å². The second-order valence-corrected chi connectivity index (χ2v) is 6.01. The molecule has 0 fully saturated rings. The van der Waals surface area contributed by atoms with Gasteiger partial charge >= 0.3 is 0 Å². The summed E-state index contributed by atoms with van der Waals surface area (Å²) in [5, 5.41) is 3.61. The molecule has 2 heteroatoms. The van der Waals surface area contributed by atoms with Crippen molar-refractivity contribution in [3.63, 3.8) is 0 Å². The van der Waals surface area contributed by atoms with Gasteiger partial charge in [0, 0.05) is 4.47 Å². The molecule has 0 aliphatic carbocycles. The first-order valence-corrected chi connectivity index (χ1v) is 8.03. The molecule has 0 spiro atoms. The van der Waals surface area contributed by atoms with E-state index in [0.29, 0.717) is 0 Å². The summed E-state index contributed by atoms with van der Waals surface area (Å²) in [5.41, 5.74) is 5.39. The topological polar surface area (TPSA) is 12.0 Å². The van der Waals surface area contributed by atoms with E-state index in [1.165, 1.54) is 22.3 Å². The van der Waals surface area contributed by atoms with Crippen molar-refractivity contribution in [1.82, 2.24) is 5.32 Å². The molecule has 1 unspecified atom stereocenters. The summed E-state index contributed by atoms with van der Waals surface area (Å²) in [5.74, 6) is 0. The van der Waals surface area contributed by atoms with E-state index in [4.69, 9.17) is 0 Å². The molecule has 2 rings (SSSR count). The number of aryl methyl sites for hydroxylation is 2. The summed E-state index contributed by atoms with van der Waals surface area (Å²) in [6, 6.07) is 15.6. The second kappa shape index (κ2) is 7.05. The molecule has 0 aliphatic rings. The molecule has 1 nitrogen and oxygen atoms in total. The lowest BCUT2D eigenvalue weighted by Crippen LogP contribution is -2.23. The van der Waals surface area contributed by atoms with Gasteiger partial charge in [0.2, 0.25) is 0 Å². The van der Waals surface area contributed by atoms with E-state index in [-0.39, 0.29) is 6.04 Å². The van der Waals surface area contributed by atoms with Gasteiger partial charge in [-0.25, -0.2) is 0 Å². The van der Waals surface area contributed by atoms with E-state index in [1.54, 1.807) is 0 Å². The van der Waals surface area contributed by atoms with Crippen LogP contribution in [0.4, 0.5) is 0 Å². The lowest BCUT2D eigenvalue weighted by Gasteiger charge is -2.22. The Bertz CT molecular complexity index is 577. The fourth-order valence-corrected chi connectivity index (χ4v) is 2.91. The summed E-state index contributed by atoms with van der Waals surface area (Å²) >= 11 is 3.59. The van der Waals surface area contributed by atoms with Gasteiger partial charge < -0.3 is 5.32 Å². The summed E-state index contributed by atoms with van der Waals surface area (Å²) < 4.78 is 1.13. The van der Waals surface area contributed by atoms with Crippen molar-refractivity contribution in [3.8, 4) is 0 Å². The van der Waals surface area contributed by atoms with Crippen molar-refractivity contribution >= 4 is 15.9 Å². The van der Waals surface area contributed by atoms with Crippen LogP contribution in [0.1, 0.15) is 42.1 Å². The van der Waals surface area contributed by atoms with Crippen molar-refractivity contribution in [2.75, 3.05) is 6.54 Å². The largest absolute Gasteiger partial charge is 0.307 e. The third kappa shape index (κ3) is 3.50. The smallest absolute Gasteiger partial charge is 0.0579 e. The first kappa shape index (κ1) is 15.3. The Balaban J connectivity index is 2.46. The molecule has 0 amide bonds. The molecule has 0 bridgehead atoms. The maximum absolute atomic E-state index is 3.61. The molecule has 0 aromatic heterocycles. The molecule has 1 N–H and O–H groups in total. The zero-order valence-corrected chi connectivity index (χ0v) is 14.0. The van der Waals surface area contributed by atoms with Crippen LogP contribution in [0.15, 0.2) is 46.9 Å². The van der Waals surface area contributed by atoms with Crippen LogP contribution in [0.2, 0.25) is 0 Å². The summed E-state index contributed by atoms with van der Waals surface area (Å²) in [7, 11) is 0. The minimum absolute atomic E-state index is 0.254. The summed E-state index contributed by atoms with van der Waals surface area (Å²) in [4.78, 5) is 0. The predicted molar refractivity (Wildman–Crippen MR) is 90.2 cm³/mol. The zero-order valence-electron chi connectivity index (χ0n) is 12.4. The molecule has 0 saturated carbocycles. The van der Waals surface area contributed by atoms with Crippen LogP contribution in [0.3, 0.4) is 0 Å². The van der Waals surface area contributed by atoms with Crippen molar-refractivity contribution < 1.29 is 0 Å². The highest BCUT2D eigenvalue weighted by Gasteiger charge is 2.15. The van der Waals surface area contributed by atoms with Gasteiger partial charge in [-0.2, -0.15) is 0 Å². The highest BCUT2D eigenvalue weighted by atomic mass is 79.9. The minimum Gasteiger partial charge on any atom is -0.307 e. The van der Waals surface area contributed by atoms with Crippen molar-refractivity contribution in [2.45, 2.75) is 33.2 Å². The molecule has 1 atom stereocenters. The van der Waals surface area contributed by atoms with E-state index in [9.17, 15) is 0 Å². The molecule has 106 valence electrons. The van der Waals surface area contributed by atoms with Gasteiger partial charge in [0.25, 0.3) is 0 Å². The Morgan fingerprint density at radius 1 is 1.10 bits per heavy atom. The van der Waals surface area contributed by atoms with Gasteiger partial charge in [-0.3, -0.25) is 0 Å². The molecule has 2 aromatic rings. The molecule has 0 heterocycles. The van der Waals surface area contributed by atoms with E-state index >= 15 is 0 Å². The van der Waals surface area contributed by atoms with Crippen molar-refractivity contribution in [1.29, 1.82) is 0 Å². The standard InChI is InChI=1S/C18H22BrN/c1-4-14-7-6-8-15(11-14)18(20-5-2)17-12-16(19)10-9-13(17)3/h6-12,18,20H,4-5H2,1-3H3. The van der Waals surface area contributed by atoms with Gasteiger partial charge in [0.15, 0.2) is 0 Å². The number of benzene rings is 2. The van der Waals surface area contributed by atoms with Gasteiger partial charge in [0.1, 0.15) is 0 Å². The Hall–Kier alpha value is -1.12. The van der Waals surface area contributed by atoms with E-state index < -0.39 is 0 Å². The number of hydrogen-bond acceptors (Lipinski definition) is 1. The quantitative estimate of drug-likeness (QED) is 0.811. The zero-order chi connectivity index (χ0) is 14.5. The van der Waals surface area contributed by atoms with E-state index in [0.717, 1.165) is 17.4 Å². The lowest BCUT2D eigenvalue weighted by molar-refractivity contribution is 0.627. The third-order valence-corrected chi connectivity index (χ3v) is 4.15. The van der Waals surface area contributed by atoms with Gasteiger partial charge in [-0.05, 0) is 54.3 Å². The molecule has 0 saturated heterocycles. The Morgan fingerprint density at radius 3 is 2.60 bits per heavy atom. The van der Waals surface area contributed by atoms with Crippen molar-refractivity contribution in [3.05, 3.63) is 69.2 Å². The van der Waals surface area contributed by atoms with Crippen LogP contribution in [0.5, 0.6) is 0 Å². The van der Waals surface area contributed by atoms with Crippen molar-refractivity contribution in [2.24, 2.45) is 0 Å². The third-order valence-electron chi connectivity index (χ3n) is 3.65. The normalized spacial score (nSPS) is 12.4. The van der Waals surface area contributed by atoms with Crippen LogP contribution >= 0.6 is 15.9 Å². The second-order valence-electron chi connectivity index (χ2n) is 5.09. The number of hydrogen-bond donors (Lipinski definition) is 1. The molecular weight excluding hydrogens is 310 g/mol. The Kier molecular flexibility index (Phi) is 5.38.